The first-order valence-corrected chi connectivity index (χ1v) is 11.1. The molecule has 182 valence electrons. The zero-order chi connectivity index (χ0) is 24.9. The van der Waals surface area contributed by atoms with Crippen LogP contribution in [0.1, 0.15) is 41.5 Å². The van der Waals surface area contributed by atoms with Crippen molar-refractivity contribution in [3.63, 3.8) is 0 Å². The summed E-state index contributed by atoms with van der Waals surface area (Å²) in [6.07, 6.45) is -0.573. The number of anilines is 2. The van der Waals surface area contributed by atoms with Gasteiger partial charge in [-0.3, -0.25) is 14.9 Å². The zero-order valence-corrected chi connectivity index (χ0v) is 20.3. The van der Waals surface area contributed by atoms with Gasteiger partial charge in [0.2, 0.25) is 0 Å². The van der Waals surface area contributed by atoms with E-state index >= 15 is 0 Å². The second-order valence-corrected chi connectivity index (χ2v) is 9.17. The van der Waals surface area contributed by atoms with Gasteiger partial charge in [-0.15, -0.1) is 0 Å². The summed E-state index contributed by atoms with van der Waals surface area (Å²) in [6.45, 7) is 8.31. The largest absolute Gasteiger partial charge is 0.495 e. The molecule has 0 unspecified atom stereocenters. The Hall–Kier alpha value is -3.59. The predicted octanol–water partition coefficient (Wildman–Crippen LogP) is 3.68. The van der Waals surface area contributed by atoms with E-state index in [0.29, 0.717) is 41.3 Å². The van der Waals surface area contributed by atoms with Gasteiger partial charge in [-0.2, -0.15) is 0 Å². The van der Waals surface area contributed by atoms with Crippen molar-refractivity contribution in [2.24, 2.45) is 0 Å². The molecule has 9 heteroatoms. The number of likely N-dealkylation sites (N-methyl/N-ethyl adjacent to an activating group) is 1. The Bertz CT molecular complexity index is 1040. The minimum atomic E-state index is -0.608. The average molecular weight is 469 g/mol. The first-order chi connectivity index (χ1) is 16.1. The van der Waals surface area contributed by atoms with Gasteiger partial charge in [0.25, 0.3) is 11.8 Å². The van der Waals surface area contributed by atoms with E-state index in [9.17, 15) is 14.4 Å². The molecule has 0 radical (unpaired) electrons. The summed E-state index contributed by atoms with van der Waals surface area (Å²) in [6, 6.07) is 11.4. The van der Waals surface area contributed by atoms with Crippen LogP contribution in [0.15, 0.2) is 42.5 Å². The summed E-state index contributed by atoms with van der Waals surface area (Å²) in [7, 11) is 3.53. The number of rotatable bonds is 5. The lowest BCUT2D eigenvalue weighted by molar-refractivity contribution is 0.0633. The standard InChI is InChI=1S/C25H32N4O5/c1-25(2,3)34-24(32)26-19-9-6-17(7-10-19)22(30)27-20-16-18(8-11-21(20)33-5)23(31)29-14-12-28(4)13-15-29/h6-11,16H,12-15H2,1-5H3,(H,26,32)(H,27,30). The van der Waals surface area contributed by atoms with Gasteiger partial charge in [0.15, 0.2) is 0 Å². The highest BCUT2D eigenvalue weighted by atomic mass is 16.6. The van der Waals surface area contributed by atoms with E-state index in [0.717, 1.165) is 13.1 Å². The van der Waals surface area contributed by atoms with Crippen LogP contribution in [0, 0.1) is 0 Å². The Morgan fingerprint density at radius 1 is 0.882 bits per heavy atom. The van der Waals surface area contributed by atoms with Gasteiger partial charge < -0.3 is 24.6 Å². The fourth-order valence-electron chi connectivity index (χ4n) is 3.45. The number of amides is 3. The Morgan fingerprint density at radius 3 is 2.09 bits per heavy atom. The molecule has 0 saturated carbocycles. The zero-order valence-electron chi connectivity index (χ0n) is 20.3. The minimum Gasteiger partial charge on any atom is -0.495 e. The van der Waals surface area contributed by atoms with Gasteiger partial charge in [0.05, 0.1) is 12.8 Å². The van der Waals surface area contributed by atoms with Crippen molar-refractivity contribution < 1.29 is 23.9 Å². The van der Waals surface area contributed by atoms with Gasteiger partial charge in [-0.05, 0) is 70.3 Å². The van der Waals surface area contributed by atoms with E-state index in [2.05, 4.69) is 15.5 Å². The van der Waals surface area contributed by atoms with Crippen molar-refractivity contribution in [3.8, 4) is 5.75 Å². The molecular weight excluding hydrogens is 436 g/mol. The molecule has 1 aliphatic heterocycles. The van der Waals surface area contributed by atoms with Gasteiger partial charge in [0.1, 0.15) is 11.4 Å². The quantitative estimate of drug-likeness (QED) is 0.694. The summed E-state index contributed by atoms with van der Waals surface area (Å²) in [5.41, 5.74) is 1.17. The first kappa shape index (κ1) is 25.0. The lowest BCUT2D eigenvalue weighted by Gasteiger charge is -2.32. The molecule has 1 aliphatic rings. The van der Waals surface area contributed by atoms with Crippen molar-refractivity contribution in [3.05, 3.63) is 53.6 Å². The third-order valence-electron chi connectivity index (χ3n) is 5.28. The molecule has 3 rings (SSSR count). The highest BCUT2D eigenvalue weighted by Crippen LogP contribution is 2.27. The normalized spacial score (nSPS) is 14.3. The van der Waals surface area contributed by atoms with Crippen LogP contribution in [0.25, 0.3) is 0 Å². The Labute approximate surface area is 200 Å². The summed E-state index contributed by atoms with van der Waals surface area (Å²) in [5.74, 6) is 0.00151. The number of carbonyl (C=O) groups excluding carboxylic acids is 3. The molecule has 0 spiro atoms. The molecule has 0 bridgehead atoms. The maximum atomic E-state index is 12.9. The number of nitrogens with zero attached hydrogens (tertiary/aromatic N) is 2. The molecule has 0 atom stereocenters. The van der Waals surface area contributed by atoms with Crippen molar-refractivity contribution in [1.82, 2.24) is 9.80 Å². The van der Waals surface area contributed by atoms with Gasteiger partial charge in [-0.25, -0.2) is 4.79 Å². The van der Waals surface area contributed by atoms with Crippen LogP contribution in [-0.2, 0) is 4.74 Å². The molecule has 2 N–H and O–H groups in total. The Balaban J connectivity index is 1.69. The van der Waals surface area contributed by atoms with Crippen LogP contribution in [0.2, 0.25) is 0 Å². The second-order valence-electron chi connectivity index (χ2n) is 9.17. The molecule has 0 aliphatic carbocycles. The Morgan fingerprint density at radius 2 is 1.50 bits per heavy atom. The van der Waals surface area contributed by atoms with E-state index in [-0.39, 0.29) is 11.8 Å². The van der Waals surface area contributed by atoms with Gasteiger partial charge in [-0.1, -0.05) is 0 Å². The van der Waals surface area contributed by atoms with E-state index < -0.39 is 11.7 Å². The van der Waals surface area contributed by atoms with Gasteiger partial charge in [0, 0.05) is 43.0 Å². The van der Waals surface area contributed by atoms with Crippen LogP contribution < -0.4 is 15.4 Å². The van der Waals surface area contributed by atoms with Crippen molar-refractivity contribution in [2.45, 2.75) is 26.4 Å². The number of carbonyl (C=O) groups is 3. The van der Waals surface area contributed by atoms with E-state index in [1.54, 1.807) is 63.2 Å². The van der Waals surface area contributed by atoms with Crippen LogP contribution in [0.3, 0.4) is 0 Å². The molecule has 34 heavy (non-hydrogen) atoms. The predicted molar refractivity (Wildman–Crippen MR) is 131 cm³/mol. The van der Waals surface area contributed by atoms with E-state index in [1.807, 2.05) is 11.9 Å². The number of hydrogen-bond donors (Lipinski definition) is 2. The van der Waals surface area contributed by atoms with E-state index in [4.69, 9.17) is 9.47 Å². The number of benzene rings is 2. The topological polar surface area (TPSA) is 100 Å². The van der Waals surface area contributed by atoms with Crippen LogP contribution in [-0.4, -0.2) is 73.6 Å². The summed E-state index contributed by atoms with van der Waals surface area (Å²) in [5, 5.41) is 5.45. The van der Waals surface area contributed by atoms with Crippen molar-refractivity contribution >= 4 is 29.3 Å². The summed E-state index contributed by atoms with van der Waals surface area (Å²) < 4.78 is 10.6. The SMILES string of the molecule is COc1ccc(C(=O)N2CCN(C)CC2)cc1NC(=O)c1ccc(NC(=O)OC(C)(C)C)cc1. The maximum Gasteiger partial charge on any atom is 0.412 e. The molecule has 0 aromatic heterocycles. The lowest BCUT2D eigenvalue weighted by atomic mass is 10.1. The van der Waals surface area contributed by atoms with Crippen LogP contribution >= 0.6 is 0 Å². The monoisotopic (exact) mass is 468 g/mol. The van der Waals surface area contributed by atoms with Crippen LogP contribution in [0.5, 0.6) is 5.75 Å². The van der Waals surface area contributed by atoms with Crippen LogP contribution in [0.4, 0.5) is 16.2 Å². The number of hydrogen-bond acceptors (Lipinski definition) is 6. The number of methoxy groups -OCH3 is 1. The minimum absolute atomic E-state index is 0.0798. The highest BCUT2D eigenvalue weighted by Gasteiger charge is 2.22. The maximum absolute atomic E-state index is 12.9. The average Bonchev–Trinajstić information content (AvgIpc) is 2.78. The first-order valence-electron chi connectivity index (χ1n) is 11.1. The van der Waals surface area contributed by atoms with E-state index in [1.165, 1.54) is 7.11 Å². The van der Waals surface area contributed by atoms with Crippen molar-refractivity contribution in [1.29, 1.82) is 0 Å². The number of nitrogens with one attached hydrogen (secondary N) is 2. The molecule has 1 fully saturated rings. The summed E-state index contributed by atoms with van der Waals surface area (Å²) >= 11 is 0. The fraction of sp³-hybridized carbons (Fsp3) is 0.400. The molecule has 2 aromatic carbocycles. The Kier molecular flexibility index (Phi) is 7.78. The molecule has 3 amide bonds. The summed E-state index contributed by atoms with van der Waals surface area (Å²) in [4.78, 5) is 41.7. The van der Waals surface area contributed by atoms with Crippen molar-refractivity contribution in [2.75, 3.05) is 51.0 Å². The van der Waals surface area contributed by atoms with Gasteiger partial charge >= 0.3 is 6.09 Å². The molecule has 9 nitrogen and oxygen atoms in total. The molecule has 2 aromatic rings. The molecule has 1 heterocycles. The highest BCUT2D eigenvalue weighted by molar-refractivity contribution is 6.06. The fourth-order valence-corrected chi connectivity index (χ4v) is 3.45. The second kappa shape index (κ2) is 10.6. The third kappa shape index (κ3) is 6.71. The third-order valence-corrected chi connectivity index (χ3v) is 5.28. The lowest BCUT2D eigenvalue weighted by Crippen LogP contribution is -2.47. The molecule has 1 saturated heterocycles. The smallest absolute Gasteiger partial charge is 0.412 e. The number of ether oxygens (including phenoxy) is 2. The molecular formula is C25H32N4O5. The number of piperazine rings is 1.